The number of amides is 1. The molecule has 2 rings (SSSR count). The average Bonchev–Trinajstić information content (AvgIpc) is 2.55. The van der Waals surface area contributed by atoms with Gasteiger partial charge >= 0.3 is 0 Å². The number of rotatable bonds is 4. The van der Waals surface area contributed by atoms with Gasteiger partial charge in [0, 0.05) is 33.2 Å². The van der Waals surface area contributed by atoms with Gasteiger partial charge in [-0.2, -0.15) is 0 Å². The molecule has 0 spiro atoms. The molecule has 0 atom stereocenters. The van der Waals surface area contributed by atoms with Gasteiger partial charge in [0.15, 0.2) is 0 Å². The molecule has 0 bridgehead atoms. The fraction of sp³-hybridized carbons (Fsp3) is 0.615. The van der Waals surface area contributed by atoms with E-state index in [1.54, 1.807) is 17.3 Å². The highest BCUT2D eigenvalue weighted by molar-refractivity contribution is 5.78. The topological polar surface area (TPSA) is 61.4 Å². The summed E-state index contributed by atoms with van der Waals surface area (Å²) in [6.07, 6.45) is 4.52. The first-order valence-corrected chi connectivity index (χ1v) is 6.70. The minimum atomic E-state index is 0.176. The van der Waals surface area contributed by atoms with Crippen molar-refractivity contribution < 1.29 is 4.79 Å². The Hall–Kier alpha value is -1.69. The molecule has 104 valence electrons. The smallest absolute Gasteiger partial charge is 0.236 e. The Labute approximate surface area is 113 Å². The van der Waals surface area contributed by atoms with E-state index in [2.05, 4.69) is 20.2 Å². The third-order valence-corrected chi connectivity index (χ3v) is 3.20. The number of hydrogen-bond acceptors (Lipinski definition) is 5. The molecule has 1 aliphatic heterocycles. The Bertz CT molecular complexity index is 420. The molecule has 1 saturated heterocycles. The third-order valence-electron chi connectivity index (χ3n) is 3.20. The number of nitrogens with one attached hydrogen (secondary N) is 1. The van der Waals surface area contributed by atoms with Gasteiger partial charge in [0.25, 0.3) is 0 Å². The van der Waals surface area contributed by atoms with Crippen LogP contribution < -0.4 is 5.32 Å². The van der Waals surface area contributed by atoms with Gasteiger partial charge in [-0.25, -0.2) is 4.98 Å². The number of anilines is 1. The van der Waals surface area contributed by atoms with Gasteiger partial charge in [-0.3, -0.25) is 14.7 Å². The number of carbonyl (C=O) groups excluding carboxylic acids is 1. The van der Waals surface area contributed by atoms with Crippen LogP contribution in [0.3, 0.4) is 0 Å². The summed E-state index contributed by atoms with van der Waals surface area (Å²) < 4.78 is 0. The summed E-state index contributed by atoms with van der Waals surface area (Å²) in [7, 11) is 1.86. The lowest BCUT2D eigenvalue weighted by atomic mass is 10.3. The maximum absolute atomic E-state index is 11.8. The van der Waals surface area contributed by atoms with Crippen LogP contribution in [-0.4, -0.2) is 58.9 Å². The highest BCUT2D eigenvalue weighted by Gasteiger charge is 2.19. The summed E-state index contributed by atoms with van der Waals surface area (Å²) in [5, 5.41) is 3.11. The van der Waals surface area contributed by atoms with Crippen LogP contribution in [0.1, 0.15) is 19.0 Å². The van der Waals surface area contributed by atoms with Gasteiger partial charge in [0.2, 0.25) is 5.91 Å². The van der Waals surface area contributed by atoms with Gasteiger partial charge in [-0.1, -0.05) is 0 Å². The Morgan fingerprint density at radius 3 is 2.84 bits per heavy atom. The zero-order valence-electron chi connectivity index (χ0n) is 11.6. The van der Waals surface area contributed by atoms with Crippen LogP contribution in [0, 0.1) is 0 Å². The summed E-state index contributed by atoms with van der Waals surface area (Å²) >= 11 is 0. The predicted molar refractivity (Wildman–Crippen MR) is 73.7 cm³/mol. The zero-order valence-corrected chi connectivity index (χ0v) is 11.6. The minimum absolute atomic E-state index is 0.176. The van der Waals surface area contributed by atoms with Crippen molar-refractivity contribution in [2.75, 3.05) is 38.5 Å². The molecule has 1 amide bonds. The van der Waals surface area contributed by atoms with Crippen LogP contribution >= 0.6 is 0 Å². The maximum Gasteiger partial charge on any atom is 0.236 e. The van der Waals surface area contributed by atoms with Crippen molar-refractivity contribution >= 4 is 11.7 Å². The molecule has 1 aliphatic rings. The summed E-state index contributed by atoms with van der Waals surface area (Å²) in [4.78, 5) is 24.4. The number of aromatic nitrogens is 2. The lowest BCUT2D eigenvalue weighted by Gasteiger charge is -2.18. The molecule has 2 heterocycles. The minimum Gasteiger partial charge on any atom is -0.369 e. The average molecular weight is 263 g/mol. The lowest BCUT2D eigenvalue weighted by molar-refractivity contribution is -0.130. The quantitative estimate of drug-likeness (QED) is 0.860. The first-order valence-electron chi connectivity index (χ1n) is 6.70. The van der Waals surface area contributed by atoms with E-state index in [0.29, 0.717) is 13.1 Å². The van der Waals surface area contributed by atoms with E-state index in [1.165, 1.54) is 0 Å². The van der Waals surface area contributed by atoms with Crippen molar-refractivity contribution in [3.63, 3.8) is 0 Å². The number of hydrogen-bond donors (Lipinski definition) is 1. The molecule has 0 saturated carbocycles. The summed E-state index contributed by atoms with van der Waals surface area (Å²) in [6.45, 7) is 5.76. The third kappa shape index (κ3) is 3.89. The second-order valence-electron chi connectivity index (χ2n) is 4.80. The largest absolute Gasteiger partial charge is 0.369 e. The first-order chi connectivity index (χ1) is 9.19. The van der Waals surface area contributed by atoms with Crippen LogP contribution in [-0.2, 0) is 11.3 Å². The molecule has 1 aromatic heterocycles. The fourth-order valence-corrected chi connectivity index (χ4v) is 2.12. The van der Waals surface area contributed by atoms with Gasteiger partial charge in [-0.05, 0) is 13.3 Å². The Kier molecular flexibility index (Phi) is 4.68. The van der Waals surface area contributed by atoms with E-state index in [1.807, 2.05) is 14.0 Å². The Morgan fingerprint density at radius 1 is 1.32 bits per heavy atom. The number of likely N-dealkylation sites (N-methyl/N-ethyl adjacent to an activating group) is 1. The fourth-order valence-electron chi connectivity index (χ4n) is 2.12. The lowest BCUT2D eigenvalue weighted by Crippen LogP contribution is -2.34. The van der Waals surface area contributed by atoms with Crippen molar-refractivity contribution in [1.82, 2.24) is 19.8 Å². The molecule has 0 aromatic carbocycles. The van der Waals surface area contributed by atoms with Crippen molar-refractivity contribution in [3.05, 3.63) is 18.1 Å². The molecule has 6 heteroatoms. The molecule has 1 aromatic rings. The van der Waals surface area contributed by atoms with E-state index in [9.17, 15) is 4.79 Å². The molecular formula is C13H21N5O. The van der Waals surface area contributed by atoms with Crippen LogP contribution in [0.4, 0.5) is 5.82 Å². The summed E-state index contributed by atoms with van der Waals surface area (Å²) in [5.41, 5.74) is 0.902. The second kappa shape index (κ2) is 6.47. The number of nitrogens with zero attached hydrogens (tertiary/aromatic N) is 4. The van der Waals surface area contributed by atoms with Crippen molar-refractivity contribution in [3.8, 4) is 0 Å². The van der Waals surface area contributed by atoms with Gasteiger partial charge in [-0.15, -0.1) is 0 Å². The highest BCUT2D eigenvalue weighted by Crippen LogP contribution is 2.08. The number of carbonyl (C=O) groups is 1. The SMILES string of the molecule is CCNc1cnc(CN2CCCN(C)C(=O)C2)cn1. The van der Waals surface area contributed by atoms with Crippen molar-refractivity contribution in [2.24, 2.45) is 0 Å². The van der Waals surface area contributed by atoms with Gasteiger partial charge < -0.3 is 10.2 Å². The van der Waals surface area contributed by atoms with E-state index in [4.69, 9.17) is 0 Å². The van der Waals surface area contributed by atoms with Crippen molar-refractivity contribution in [2.45, 2.75) is 19.9 Å². The monoisotopic (exact) mass is 263 g/mol. The zero-order chi connectivity index (χ0) is 13.7. The van der Waals surface area contributed by atoms with E-state index < -0.39 is 0 Å². The normalized spacial score (nSPS) is 17.4. The van der Waals surface area contributed by atoms with Crippen LogP contribution in [0.15, 0.2) is 12.4 Å². The van der Waals surface area contributed by atoms with Crippen LogP contribution in [0.2, 0.25) is 0 Å². The molecule has 1 N–H and O–H groups in total. The molecule has 19 heavy (non-hydrogen) atoms. The molecule has 1 fully saturated rings. The molecular weight excluding hydrogens is 242 g/mol. The van der Waals surface area contributed by atoms with Crippen LogP contribution in [0.25, 0.3) is 0 Å². The predicted octanol–water partition coefficient (Wildman–Crippen LogP) is 0.572. The Morgan fingerprint density at radius 2 is 2.16 bits per heavy atom. The molecule has 0 aliphatic carbocycles. The second-order valence-corrected chi connectivity index (χ2v) is 4.80. The van der Waals surface area contributed by atoms with E-state index in [-0.39, 0.29) is 5.91 Å². The molecule has 6 nitrogen and oxygen atoms in total. The maximum atomic E-state index is 11.8. The Balaban J connectivity index is 1.94. The van der Waals surface area contributed by atoms with E-state index >= 15 is 0 Å². The first kappa shape index (κ1) is 13.7. The van der Waals surface area contributed by atoms with Crippen LogP contribution in [0.5, 0.6) is 0 Å². The highest BCUT2D eigenvalue weighted by atomic mass is 16.2. The molecule has 0 unspecified atom stereocenters. The van der Waals surface area contributed by atoms with Gasteiger partial charge in [0.1, 0.15) is 5.82 Å². The summed E-state index contributed by atoms with van der Waals surface area (Å²) in [6, 6.07) is 0. The van der Waals surface area contributed by atoms with Gasteiger partial charge in [0.05, 0.1) is 24.6 Å². The van der Waals surface area contributed by atoms with Crippen molar-refractivity contribution in [1.29, 1.82) is 0 Å². The molecule has 0 radical (unpaired) electrons. The van der Waals surface area contributed by atoms with E-state index in [0.717, 1.165) is 37.6 Å². The standard InChI is InChI=1S/C13H21N5O/c1-3-14-12-8-15-11(7-16-12)9-18-6-4-5-17(2)13(19)10-18/h7-8H,3-6,9-10H2,1-2H3,(H,14,16). The summed E-state index contributed by atoms with van der Waals surface area (Å²) in [5.74, 6) is 0.965.